The van der Waals surface area contributed by atoms with Crippen LogP contribution in [0.25, 0.3) is 0 Å². The molecule has 0 saturated carbocycles. The predicted molar refractivity (Wildman–Crippen MR) is 92.0 cm³/mol. The quantitative estimate of drug-likeness (QED) is 0.922. The number of nitrogens with zero attached hydrogens (tertiary/aromatic N) is 2. The Morgan fingerprint density at radius 1 is 1.17 bits per heavy atom. The summed E-state index contributed by atoms with van der Waals surface area (Å²) in [5.41, 5.74) is 4.83. The van der Waals surface area contributed by atoms with Crippen molar-refractivity contribution in [1.29, 1.82) is 5.26 Å². The molecule has 0 atom stereocenters. The van der Waals surface area contributed by atoms with Crippen molar-refractivity contribution in [2.75, 3.05) is 18.9 Å². The Balaban J connectivity index is 1.91. The predicted octanol–water partition coefficient (Wildman–Crippen LogP) is 3.25. The molecular weight excluding hydrogens is 286 g/mol. The summed E-state index contributed by atoms with van der Waals surface area (Å²) in [5.74, 6) is -0.0326. The van der Waals surface area contributed by atoms with Crippen LogP contribution in [0.2, 0.25) is 0 Å². The smallest absolute Gasteiger partial charge is 0.238 e. The van der Waals surface area contributed by atoms with Crippen molar-refractivity contribution in [2.24, 2.45) is 0 Å². The van der Waals surface area contributed by atoms with Crippen LogP contribution < -0.4 is 5.32 Å². The third-order valence-electron chi connectivity index (χ3n) is 3.83. The molecule has 0 radical (unpaired) electrons. The monoisotopic (exact) mass is 307 g/mol. The lowest BCUT2D eigenvalue weighted by Crippen LogP contribution is -2.30. The van der Waals surface area contributed by atoms with Crippen LogP contribution in [-0.2, 0) is 11.3 Å². The van der Waals surface area contributed by atoms with E-state index >= 15 is 0 Å². The second-order valence-electron chi connectivity index (χ2n) is 5.78. The fraction of sp³-hybridized carbons (Fsp3) is 0.263. The molecule has 4 heteroatoms. The lowest BCUT2D eigenvalue weighted by molar-refractivity contribution is -0.117. The van der Waals surface area contributed by atoms with Gasteiger partial charge in [-0.1, -0.05) is 24.3 Å². The summed E-state index contributed by atoms with van der Waals surface area (Å²) >= 11 is 0. The maximum Gasteiger partial charge on any atom is 0.238 e. The molecule has 118 valence electrons. The molecule has 0 spiro atoms. The van der Waals surface area contributed by atoms with Gasteiger partial charge in [0.25, 0.3) is 0 Å². The second-order valence-corrected chi connectivity index (χ2v) is 5.78. The van der Waals surface area contributed by atoms with Crippen LogP contribution in [0.1, 0.15) is 22.3 Å². The number of hydrogen-bond acceptors (Lipinski definition) is 3. The first-order valence-electron chi connectivity index (χ1n) is 7.53. The van der Waals surface area contributed by atoms with Crippen LogP contribution >= 0.6 is 0 Å². The standard InChI is InChI=1S/C19H21N3O/c1-14-5-4-6-18(15(14)2)21-19(23)13-22(3)12-17-9-7-16(11-20)8-10-17/h4-10H,12-13H2,1-3H3,(H,21,23). The first-order valence-corrected chi connectivity index (χ1v) is 7.53. The Hall–Kier alpha value is -2.64. The molecule has 2 aromatic carbocycles. The molecule has 0 saturated heterocycles. The molecule has 0 aliphatic carbocycles. The zero-order valence-corrected chi connectivity index (χ0v) is 13.8. The number of nitriles is 1. The number of rotatable bonds is 5. The van der Waals surface area contributed by atoms with Gasteiger partial charge < -0.3 is 5.32 Å². The van der Waals surface area contributed by atoms with Gasteiger partial charge >= 0.3 is 0 Å². The molecule has 1 N–H and O–H groups in total. The van der Waals surface area contributed by atoms with Gasteiger partial charge in [0.05, 0.1) is 18.2 Å². The maximum atomic E-state index is 12.2. The highest BCUT2D eigenvalue weighted by Gasteiger charge is 2.09. The Morgan fingerprint density at radius 3 is 2.52 bits per heavy atom. The van der Waals surface area contributed by atoms with E-state index in [0.717, 1.165) is 22.4 Å². The molecule has 0 unspecified atom stereocenters. The van der Waals surface area contributed by atoms with Crippen molar-refractivity contribution >= 4 is 11.6 Å². The Kier molecular flexibility index (Phi) is 5.51. The number of amides is 1. The number of carbonyl (C=O) groups is 1. The number of nitrogens with one attached hydrogen (secondary N) is 1. The van der Waals surface area contributed by atoms with Crippen LogP contribution in [0.3, 0.4) is 0 Å². The third kappa shape index (κ3) is 4.67. The minimum absolute atomic E-state index is 0.0326. The van der Waals surface area contributed by atoms with Gasteiger partial charge in [0.1, 0.15) is 0 Å². The topological polar surface area (TPSA) is 56.1 Å². The van der Waals surface area contributed by atoms with Gasteiger partial charge in [-0.15, -0.1) is 0 Å². The summed E-state index contributed by atoms with van der Waals surface area (Å²) in [6.45, 7) is 5.01. The summed E-state index contributed by atoms with van der Waals surface area (Å²) in [7, 11) is 1.90. The molecule has 1 amide bonds. The number of benzene rings is 2. The first kappa shape index (κ1) is 16.7. The van der Waals surface area contributed by atoms with Gasteiger partial charge in [-0.2, -0.15) is 5.26 Å². The van der Waals surface area contributed by atoms with E-state index in [2.05, 4.69) is 11.4 Å². The van der Waals surface area contributed by atoms with Crippen molar-refractivity contribution < 1.29 is 4.79 Å². The van der Waals surface area contributed by atoms with Crippen LogP contribution in [0.5, 0.6) is 0 Å². The average molecular weight is 307 g/mol. The normalized spacial score (nSPS) is 10.4. The van der Waals surface area contributed by atoms with Gasteiger partial charge in [0.2, 0.25) is 5.91 Å². The van der Waals surface area contributed by atoms with E-state index < -0.39 is 0 Å². The lowest BCUT2D eigenvalue weighted by atomic mass is 10.1. The molecule has 0 aromatic heterocycles. The van der Waals surface area contributed by atoms with Crippen molar-refractivity contribution in [3.05, 3.63) is 64.7 Å². The minimum atomic E-state index is -0.0326. The van der Waals surface area contributed by atoms with Crippen LogP contribution in [0.15, 0.2) is 42.5 Å². The number of anilines is 1. The summed E-state index contributed by atoms with van der Waals surface area (Å²) in [4.78, 5) is 14.1. The maximum absolute atomic E-state index is 12.2. The fourth-order valence-electron chi connectivity index (χ4n) is 2.37. The molecule has 23 heavy (non-hydrogen) atoms. The molecule has 0 heterocycles. The van der Waals surface area contributed by atoms with Crippen LogP contribution in [0, 0.1) is 25.2 Å². The highest BCUT2D eigenvalue weighted by molar-refractivity contribution is 5.93. The largest absolute Gasteiger partial charge is 0.325 e. The number of likely N-dealkylation sites (N-methyl/N-ethyl adjacent to an activating group) is 1. The molecule has 2 rings (SSSR count). The number of aryl methyl sites for hydroxylation is 1. The van der Waals surface area contributed by atoms with Crippen molar-refractivity contribution in [3.63, 3.8) is 0 Å². The van der Waals surface area contributed by atoms with Crippen molar-refractivity contribution in [3.8, 4) is 6.07 Å². The number of carbonyl (C=O) groups excluding carboxylic acids is 1. The molecule has 0 aliphatic rings. The summed E-state index contributed by atoms with van der Waals surface area (Å²) < 4.78 is 0. The zero-order valence-electron chi connectivity index (χ0n) is 13.8. The fourth-order valence-corrected chi connectivity index (χ4v) is 2.37. The summed E-state index contributed by atoms with van der Waals surface area (Å²) in [5, 5.41) is 11.8. The molecule has 0 aliphatic heterocycles. The minimum Gasteiger partial charge on any atom is -0.325 e. The molecular formula is C19H21N3O. The average Bonchev–Trinajstić information content (AvgIpc) is 2.52. The van der Waals surface area contributed by atoms with Crippen LogP contribution in [0.4, 0.5) is 5.69 Å². The molecule has 0 fully saturated rings. The highest BCUT2D eigenvalue weighted by Crippen LogP contribution is 2.17. The SMILES string of the molecule is Cc1cccc(NC(=O)CN(C)Cc2ccc(C#N)cc2)c1C. The molecule has 0 bridgehead atoms. The van der Waals surface area contributed by atoms with Crippen molar-refractivity contribution in [2.45, 2.75) is 20.4 Å². The Bertz CT molecular complexity index is 729. The van der Waals surface area contributed by atoms with E-state index in [0.29, 0.717) is 18.7 Å². The van der Waals surface area contributed by atoms with E-state index in [1.54, 1.807) is 12.1 Å². The van der Waals surface area contributed by atoms with E-state index in [1.165, 1.54) is 0 Å². The van der Waals surface area contributed by atoms with Crippen molar-refractivity contribution in [1.82, 2.24) is 4.90 Å². The molecule has 4 nitrogen and oxygen atoms in total. The van der Waals surface area contributed by atoms with Gasteiger partial charge in [0.15, 0.2) is 0 Å². The van der Waals surface area contributed by atoms with E-state index in [1.807, 2.05) is 56.1 Å². The van der Waals surface area contributed by atoms with E-state index in [9.17, 15) is 4.79 Å². The Labute approximate surface area is 137 Å². The summed E-state index contributed by atoms with van der Waals surface area (Å²) in [6, 6.07) is 15.4. The van der Waals surface area contributed by atoms with Gasteiger partial charge in [0, 0.05) is 12.2 Å². The highest BCUT2D eigenvalue weighted by atomic mass is 16.2. The number of hydrogen-bond donors (Lipinski definition) is 1. The zero-order chi connectivity index (χ0) is 16.8. The summed E-state index contributed by atoms with van der Waals surface area (Å²) in [6.07, 6.45) is 0. The lowest BCUT2D eigenvalue weighted by Gasteiger charge is -2.17. The van der Waals surface area contributed by atoms with Gasteiger partial charge in [-0.3, -0.25) is 9.69 Å². The van der Waals surface area contributed by atoms with Gasteiger partial charge in [-0.25, -0.2) is 0 Å². The molecule has 2 aromatic rings. The second kappa shape index (κ2) is 7.57. The third-order valence-corrected chi connectivity index (χ3v) is 3.83. The van der Waals surface area contributed by atoms with E-state index in [4.69, 9.17) is 5.26 Å². The Morgan fingerprint density at radius 2 is 1.87 bits per heavy atom. The van der Waals surface area contributed by atoms with E-state index in [-0.39, 0.29) is 5.91 Å². The van der Waals surface area contributed by atoms with Gasteiger partial charge in [-0.05, 0) is 55.8 Å². The van der Waals surface area contributed by atoms with Crippen LogP contribution in [-0.4, -0.2) is 24.4 Å². The first-order chi connectivity index (χ1) is 11.0.